The third kappa shape index (κ3) is 12.4. The van der Waals surface area contributed by atoms with Crippen LogP contribution in [0.5, 0.6) is 0 Å². The van der Waals surface area contributed by atoms with Crippen molar-refractivity contribution in [2.24, 2.45) is 0 Å². The summed E-state index contributed by atoms with van der Waals surface area (Å²) in [6, 6.07) is 8.49. The van der Waals surface area contributed by atoms with Crippen LogP contribution in [0.4, 0.5) is 0 Å². The largest absolute Gasteiger partial charge is 0.0990 e. The van der Waals surface area contributed by atoms with Gasteiger partial charge in [-0.15, -0.1) is 0 Å². The van der Waals surface area contributed by atoms with Crippen LogP contribution in [0.15, 0.2) is 106 Å². The van der Waals surface area contributed by atoms with Crippen LogP contribution >= 0.6 is 23.5 Å². The van der Waals surface area contributed by atoms with Crippen molar-refractivity contribution in [2.75, 3.05) is 0 Å². The molecule has 1 rings (SSSR count). The van der Waals surface area contributed by atoms with E-state index < -0.39 is 0 Å². The number of rotatable bonds is 8. The van der Waals surface area contributed by atoms with Crippen LogP contribution in [0.1, 0.15) is 34.6 Å². The molecule has 0 radical (unpaired) electrons. The Balaban J connectivity index is 0. The number of thioether (sulfide) groups is 2. The Morgan fingerprint density at radius 3 is 1.52 bits per heavy atom. The van der Waals surface area contributed by atoms with Crippen LogP contribution in [0.3, 0.4) is 0 Å². The standard InChI is InChI=1S/C19H20S2.2C2H6/c1-5-9-16(8-4)20-18-12-14-19(15-13-18)21-17(10-6-2)11-7-3;2*1-2/h5-15H,1-2,4H2,3H3;2*1-2H3/b11-7-,16-9+,17-10+;;. The van der Waals surface area contributed by atoms with Crippen LogP contribution < -0.4 is 0 Å². The minimum atomic E-state index is 1.09. The minimum absolute atomic E-state index is 1.09. The molecule has 0 nitrogen and oxygen atoms in total. The summed E-state index contributed by atoms with van der Waals surface area (Å²) in [5.41, 5.74) is 0. The molecule has 0 saturated heterocycles. The Morgan fingerprint density at radius 2 is 1.16 bits per heavy atom. The second-order valence-electron chi connectivity index (χ2n) is 3.99. The predicted molar refractivity (Wildman–Crippen MR) is 122 cm³/mol. The van der Waals surface area contributed by atoms with E-state index in [1.54, 1.807) is 29.6 Å². The van der Waals surface area contributed by atoms with Gasteiger partial charge in [0.2, 0.25) is 0 Å². The first-order valence-corrected chi connectivity index (χ1v) is 10.2. The first kappa shape index (κ1) is 25.6. The highest BCUT2D eigenvalue weighted by atomic mass is 32.2. The monoisotopic (exact) mass is 372 g/mol. The van der Waals surface area contributed by atoms with Crippen molar-refractivity contribution in [1.29, 1.82) is 0 Å². The molecule has 0 aliphatic heterocycles. The van der Waals surface area contributed by atoms with Crippen molar-refractivity contribution in [3.05, 3.63) is 96.3 Å². The molecule has 25 heavy (non-hydrogen) atoms. The van der Waals surface area contributed by atoms with Crippen molar-refractivity contribution in [3.8, 4) is 0 Å². The Bertz CT molecular complexity index is 573. The van der Waals surface area contributed by atoms with Gasteiger partial charge in [-0.2, -0.15) is 0 Å². The van der Waals surface area contributed by atoms with Gasteiger partial charge >= 0.3 is 0 Å². The van der Waals surface area contributed by atoms with Crippen LogP contribution in [0.2, 0.25) is 0 Å². The molecule has 136 valence electrons. The van der Waals surface area contributed by atoms with E-state index in [1.165, 1.54) is 14.7 Å². The fourth-order valence-electron chi connectivity index (χ4n) is 1.51. The molecule has 1 aromatic carbocycles. The summed E-state index contributed by atoms with van der Waals surface area (Å²) >= 11 is 3.40. The third-order valence-corrected chi connectivity index (χ3v) is 4.45. The highest BCUT2D eigenvalue weighted by Crippen LogP contribution is 2.32. The molecule has 0 aliphatic rings. The van der Waals surface area contributed by atoms with E-state index in [0.29, 0.717) is 0 Å². The molecule has 1 aromatic rings. The molecule has 0 atom stereocenters. The van der Waals surface area contributed by atoms with E-state index in [9.17, 15) is 0 Å². The van der Waals surface area contributed by atoms with Gasteiger partial charge in [0.25, 0.3) is 0 Å². The van der Waals surface area contributed by atoms with Gasteiger partial charge in [0, 0.05) is 19.6 Å². The third-order valence-electron chi connectivity index (χ3n) is 2.39. The Labute approximate surface area is 164 Å². The summed E-state index contributed by atoms with van der Waals surface area (Å²) in [6.07, 6.45) is 13.5. The molecule has 0 bridgehead atoms. The van der Waals surface area contributed by atoms with Crippen LogP contribution in [-0.4, -0.2) is 0 Å². The summed E-state index contributed by atoms with van der Waals surface area (Å²) in [5.74, 6) is 0. The van der Waals surface area contributed by atoms with Crippen molar-refractivity contribution in [2.45, 2.75) is 44.4 Å². The molecular formula is C23H32S2. The lowest BCUT2D eigenvalue weighted by Gasteiger charge is -2.05. The van der Waals surface area contributed by atoms with E-state index in [4.69, 9.17) is 0 Å². The number of benzene rings is 1. The molecule has 0 fully saturated rings. The van der Waals surface area contributed by atoms with Gasteiger partial charge in [-0.05, 0) is 43.3 Å². The maximum atomic E-state index is 3.81. The topological polar surface area (TPSA) is 0 Å². The maximum Gasteiger partial charge on any atom is 0.0123 e. The Morgan fingerprint density at radius 1 is 0.760 bits per heavy atom. The van der Waals surface area contributed by atoms with Gasteiger partial charge in [-0.3, -0.25) is 0 Å². The average molecular weight is 373 g/mol. The summed E-state index contributed by atoms with van der Waals surface area (Å²) in [7, 11) is 0. The lowest BCUT2D eigenvalue weighted by atomic mass is 10.4. The van der Waals surface area contributed by atoms with Crippen molar-refractivity contribution in [3.63, 3.8) is 0 Å². The molecule has 0 saturated carbocycles. The normalized spacial score (nSPS) is 10.9. The number of hydrogen-bond acceptors (Lipinski definition) is 2. The predicted octanol–water partition coefficient (Wildman–Crippen LogP) is 8.83. The van der Waals surface area contributed by atoms with Crippen molar-refractivity contribution in [1.82, 2.24) is 0 Å². The van der Waals surface area contributed by atoms with E-state index in [-0.39, 0.29) is 0 Å². The fraction of sp³-hybridized carbons (Fsp3) is 0.217. The Hall–Kier alpha value is -1.64. The van der Waals surface area contributed by atoms with Gasteiger partial charge in [0.05, 0.1) is 0 Å². The summed E-state index contributed by atoms with van der Waals surface area (Å²) in [5, 5.41) is 0. The average Bonchev–Trinajstić information content (AvgIpc) is 2.66. The van der Waals surface area contributed by atoms with Crippen molar-refractivity contribution < 1.29 is 0 Å². The quantitative estimate of drug-likeness (QED) is 0.330. The number of allylic oxidation sites excluding steroid dienone is 7. The maximum absolute atomic E-state index is 3.81. The highest BCUT2D eigenvalue weighted by molar-refractivity contribution is 8.03. The van der Waals surface area contributed by atoms with E-state index >= 15 is 0 Å². The molecule has 0 aromatic heterocycles. The van der Waals surface area contributed by atoms with Crippen LogP contribution in [0.25, 0.3) is 0 Å². The first-order chi connectivity index (χ1) is 12.2. The minimum Gasteiger partial charge on any atom is -0.0990 e. The lowest BCUT2D eigenvalue weighted by Crippen LogP contribution is -1.77. The zero-order valence-corrected chi connectivity index (χ0v) is 17.9. The molecule has 0 aliphatic carbocycles. The zero-order chi connectivity index (χ0) is 19.5. The second kappa shape index (κ2) is 18.7. The van der Waals surface area contributed by atoms with Crippen LogP contribution in [-0.2, 0) is 0 Å². The van der Waals surface area contributed by atoms with Crippen molar-refractivity contribution >= 4 is 23.5 Å². The van der Waals surface area contributed by atoms with E-state index in [2.05, 4.69) is 50.1 Å². The van der Waals surface area contributed by atoms with Gasteiger partial charge in [-0.25, -0.2) is 0 Å². The van der Waals surface area contributed by atoms with E-state index in [1.807, 2.05) is 65.0 Å². The van der Waals surface area contributed by atoms with Gasteiger partial charge in [-0.1, -0.05) is 101 Å². The lowest BCUT2D eigenvalue weighted by molar-refractivity contribution is 1.36. The molecule has 2 heteroatoms. The summed E-state index contributed by atoms with van der Waals surface area (Å²) < 4.78 is 0. The fourth-order valence-corrected chi connectivity index (χ4v) is 3.22. The molecule has 0 amide bonds. The second-order valence-corrected chi connectivity index (χ2v) is 6.28. The molecular weight excluding hydrogens is 340 g/mol. The van der Waals surface area contributed by atoms with Gasteiger partial charge in [0.1, 0.15) is 0 Å². The van der Waals surface area contributed by atoms with Gasteiger partial charge < -0.3 is 0 Å². The number of hydrogen-bond donors (Lipinski definition) is 0. The SMILES string of the molecule is C=C/C=C(\C=C)Sc1ccc(SC(/C=C\C)=C/C=C)cc1.CC.CC. The smallest absolute Gasteiger partial charge is 0.0123 e. The summed E-state index contributed by atoms with van der Waals surface area (Å²) in [4.78, 5) is 4.66. The molecule has 0 N–H and O–H groups in total. The first-order valence-electron chi connectivity index (χ1n) is 8.59. The molecule has 0 heterocycles. The van der Waals surface area contributed by atoms with Gasteiger partial charge in [0.15, 0.2) is 0 Å². The molecule has 0 unspecified atom stereocenters. The van der Waals surface area contributed by atoms with Crippen LogP contribution in [0, 0.1) is 0 Å². The van der Waals surface area contributed by atoms with E-state index in [0.717, 1.165) is 4.91 Å². The molecule has 0 spiro atoms. The Kier molecular flexibility index (Phi) is 19.1. The summed E-state index contributed by atoms with van der Waals surface area (Å²) in [6.45, 7) is 21.3. The zero-order valence-electron chi connectivity index (χ0n) is 16.3. The highest BCUT2D eigenvalue weighted by Gasteiger charge is 2.00.